The van der Waals surface area contributed by atoms with E-state index in [1.807, 2.05) is 13.0 Å². The first-order valence-electron chi connectivity index (χ1n) is 14.8. The van der Waals surface area contributed by atoms with Crippen LogP contribution in [0.15, 0.2) is 36.4 Å². The maximum atomic E-state index is 15.0. The standard InChI is InChI=1S/C32H33F11O2/c1-2-3-4-5-18-6-8-19(9-7-18)20-10-12-21(13-11-20)31(40,41)44-22-16-26(35)29(27(36)17-22)32(42,43)45-23-14-24(33)28(25(34)15-23)30(37,38)39/h2-3,14-21H,4-13H2,1H3/b3-2+. The van der Waals surface area contributed by atoms with E-state index in [1.165, 1.54) is 0 Å². The molecular weight excluding hydrogens is 625 g/mol. The number of benzene rings is 2. The van der Waals surface area contributed by atoms with E-state index in [2.05, 4.69) is 15.5 Å². The Balaban J connectivity index is 1.37. The van der Waals surface area contributed by atoms with Gasteiger partial charge in [-0.15, -0.1) is 0 Å². The third-order valence-corrected chi connectivity index (χ3v) is 8.89. The molecule has 2 aliphatic rings. The Kier molecular flexibility index (Phi) is 10.7. The van der Waals surface area contributed by atoms with Gasteiger partial charge in [0.25, 0.3) is 0 Å². The molecule has 0 N–H and O–H groups in total. The zero-order valence-corrected chi connectivity index (χ0v) is 24.3. The lowest BCUT2D eigenvalue weighted by Crippen LogP contribution is -2.38. The molecule has 0 amide bonds. The molecule has 2 aromatic rings. The van der Waals surface area contributed by atoms with Gasteiger partial charge in [0.1, 0.15) is 45.9 Å². The van der Waals surface area contributed by atoms with Gasteiger partial charge < -0.3 is 9.47 Å². The molecule has 250 valence electrons. The zero-order valence-electron chi connectivity index (χ0n) is 24.3. The lowest BCUT2D eigenvalue weighted by atomic mass is 9.68. The monoisotopic (exact) mass is 658 g/mol. The first-order valence-corrected chi connectivity index (χ1v) is 14.8. The molecule has 0 unspecified atom stereocenters. The molecule has 0 radical (unpaired) electrons. The predicted molar refractivity (Wildman–Crippen MR) is 143 cm³/mol. The summed E-state index contributed by atoms with van der Waals surface area (Å²) in [6, 6.07) is -0.310. The van der Waals surface area contributed by atoms with Crippen LogP contribution in [0.3, 0.4) is 0 Å². The van der Waals surface area contributed by atoms with Gasteiger partial charge in [-0.2, -0.15) is 30.7 Å². The van der Waals surface area contributed by atoms with Gasteiger partial charge in [0.05, 0.1) is 5.92 Å². The Morgan fingerprint density at radius 2 is 1.09 bits per heavy atom. The number of hydrogen-bond donors (Lipinski definition) is 0. The average molecular weight is 659 g/mol. The minimum absolute atomic E-state index is 0.0812. The normalized spacial score (nSPS) is 23.4. The predicted octanol–water partition coefficient (Wildman–Crippen LogP) is 11.3. The van der Waals surface area contributed by atoms with Crippen molar-refractivity contribution in [3.8, 4) is 11.5 Å². The van der Waals surface area contributed by atoms with Gasteiger partial charge in [-0.3, -0.25) is 0 Å². The highest BCUT2D eigenvalue weighted by molar-refractivity contribution is 5.36. The molecule has 2 fully saturated rings. The second-order valence-electron chi connectivity index (χ2n) is 11.8. The van der Waals surface area contributed by atoms with Crippen molar-refractivity contribution in [3.63, 3.8) is 0 Å². The van der Waals surface area contributed by atoms with E-state index in [9.17, 15) is 39.5 Å². The van der Waals surface area contributed by atoms with Crippen molar-refractivity contribution in [3.05, 3.63) is 70.8 Å². The van der Waals surface area contributed by atoms with Crippen molar-refractivity contribution in [1.82, 2.24) is 0 Å². The number of alkyl halides is 7. The lowest BCUT2D eigenvalue weighted by Gasteiger charge is -2.39. The van der Waals surface area contributed by atoms with Crippen molar-refractivity contribution in [2.24, 2.45) is 23.7 Å². The van der Waals surface area contributed by atoms with E-state index < -0.39 is 70.2 Å². The highest BCUT2D eigenvalue weighted by Crippen LogP contribution is 2.47. The third-order valence-electron chi connectivity index (χ3n) is 8.89. The molecule has 0 atom stereocenters. The van der Waals surface area contributed by atoms with Gasteiger partial charge in [0.15, 0.2) is 0 Å². The molecule has 2 aromatic carbocycles. The second-order valence-corrected chi connectivity index (χ2v) is 11.8. The van der Waals surface area contributed by atoms with E-state index in [0.29, 0.717) is 24.7 Å². The van der Waals surface area contributed by atoms with Gasteiger partial charge in [0, 0.05) is 24.3 Å². The van der Waals surface area contributed by atoms with Crippen LogP contribution >= 0.6 is 0 Å². The van der Waals surface area contributed by atoms with Crippen LogP contribution in [0.2, 0.25) is 0 Å². The SMILES string of the molecule is C/C=C/CCC1CCC(C2CCC(C(F)(F)Oc3cc(F)c(C(F)(F)Oc4cc(F)c(C(F)(F)F)c(F)c4)c(F)c3)CC2)CC1. The third kappa shape index (κ3) is 8.44. The fourth-order valence-electron chi connectivity index (χ4n) is 6.58. The topological polar surface area (TPSA) is 18.5 Å². The molecule has 13 heteroatoms. The first-order chi connectivity index (χ1) is 21.0. The number of halogens is 11. The van der Waals surface area contributed by atoms with Crippen LogP contribution in [0.4, 0.5) is 48.3 Å². The van der Waals surface area contributed by atoms with Crippen molar-refractivity contribution < 1.29 is 57.8 Å². The fraction of sp³-hybridized carbons (Fsp3) is 0.562. The average Bonchev–Trinajstić information content (AvgIpc) is 2.91. The van der Waals surface area contributed by atoms with E-state index in [4.69, 9.17) is 0 Å². The summed E-state index contributed by atoms with van der Waals surface area (Å²) in [5.74, 6) is -11.3. The lowest BCUT2D eigenvalue weighted by molar-refractivity contribution is -0.224. The van der Waals surface area contributed by atoms with E-state index in [0.717, 1.165) is 38.5 Å². The number of allylic oxidation sites excluding steroid dienone is 2. The minimum atomic E-state index is -5.50. The smallest absolute Gasteiger partial charge is 0.432 e. The summed E-state index contributed by atoms with van der Waals surface area (Å²) in [4.78, 5) is 0. The molecule has 0 saturated heterocycles. The van der Waals surface area contributed by atoms with E-state index in [-0.39, 0.29) is 43.0 Å². The largest absolute Gasteiger partial charge is 0.432 e. The molecule has 2 nitrogen and oxygen atoms in total. The van der Waals surface area contributed by atoms with Gasteiger partial charge in [0.2, 0.25) is 0 Å². The Morgan fingerprint density at radius 1 is 0.644 bits per heavy atom. The van der Waals surface area contributed by atoms with Crippen LogP contribution in [0.5, 0.6) is 11.5 Å². The maximum absolute atomic E-state index is 15.0. The van der Waals surface area contributed by atoms with Crippen LogP contribution in [0.25, 0.3) is 0 Å². The molecule has 4 rings (SSSR count). The molecule has 2 saturated carbocycles. The molecular formula is C32H33F11O2. The van der Waals surface area contributed by atoms with Gasteiger partial charge in [-0.05, 0) is 76.0 Å². The summed E-state index contributed by atoms with van der Waals surface area (Å²) in [6.45, 7) is 1.99. The Bertz CT molecular complexity index is 1290. The van der Waals surface area contributed by atoms with Crippen molar-refractivity contribution in [2.75, 3.05) is 0 Å². The maximum Gasteiger partial charge on any atom is 0.432 e. The van der Waals surface area contributed by atoms with Crippen LogP contribution in [0.1, 0.15) is 82.3 Å². The van der Waals surface area contributed by atoms with E-state index in [1.54, 1.807) is 0 Å². The van der Waals surface area contributed by atoms with E-state index >= 15 is 8.78 Å². The number of hydrogen-bond acceptors (Lipinski definition) is 2. The molecule has 0 bridgehead atoms. The molecule has 0 aromatic heterocycles. The number of rotatable bonds is 10. The van der Waals surface area contributed by atoms with Gasteiger partial charge in [-0.25, -0.2) is 17.6 Å². The molecule has 0 spiro atoms. The second kappa shape index (κ2) is 13.8. The quantitative estimate of drug-likeness (QED) is 0.187. The highest BCUT2D eigenvalue weighted by Gasteiger charge is 2.47. The van der Waals surface area contributed by atoms with Crippen LogP contribution in [0, 0.1) is 46.9 Å². The van der Waals surface area contributed by atoms with Gasteiger partial charge in [-0.1, -0.05) is 25.0 Å². The summed E-state index contributed by atoms with van der Waals surface area (Å²) in [6.07, 6.45) is -2.44. The Morgan fingerprint density at radius 3 is 1.56 bits per heavy atom. The van der Waals surface area contributed by atoms with Crippen molar-refractivity contribution in [2.45, 2.75) is 89.5 Å². The summed E-state index contributed by atoms with van der Waals surface area (Å²) in [7, 11) is 0. The zero-order chi connectivity index (χ0) is 33.2. The molecule has 0 aliphatic heterocycles. The number of ether oxygens (including phenoxy) is 2. The fourth-order valence-corrected chi connectivity index (χ4v) is 6.58. The molecule has 2 aliphatic carbocycles. The van der Waals surface area contributed by atoms with Crippen molar-refractivity contribution in [1.29, 1.82) is 0 Å². The van der Waals surface area contributed by atoms with Crippen LogP contribution < -0.4 is 9.47 Å². The molecule has 45 heavy (non-hydrogen) atoms. The van der Waals surface area contributed by atoms with Crippen LogP contribution in [-0.2, 0) is 12.3 Å². The summed E-state index contributed by atoms with van der Waals surface area (Å²) < 4.78 is 163. The summed E-state index contributed by atoms with van der Waals surface area (Å²) >= 11 is 0. The van der Waals surface area contributed by atoms with Crippen LogP contribution in [-0.4, -0.2) is 6.11 Å². The minimum Gasteiger partial charge on any atom is -0.432 e. The van der Waals surface area contributed by atoms with Crippen molar-refractivity contribution >= 4 is 0 Å². The summed E-state index contributed by atoms with van der Waals surface area (Å²) in [5.41, 5.74) is -4.51. The molecule has 0 heterocycles. The first kappa shape index (κ1) is 34.9. The Hall–Kier alpha value is -2.99. The highest BCUT2D eigenvalue weighted by atomic mass is 19.4. The Labute approximate surface area is 253 Å². The van der Waals surface area contributed by atoms with Gasteiger partial charge >= 0.3 is 18.4 Å². The summed E-state index contributed by atoms with van der Waals surface area (Å²) in [5, 5.41) is 0.